The highest BCUT2D eigenvalue weighted by Gasteiger charge is 2.49. The Morgan fingerprint density at radius 1 is 1.11 bits per heavy atom. The monoisotopic (exact) mass is 522 g/mol. The molecule has 0 bridgehead atoms. The van der Waals surface area contributed by atoms with Crippen LogP contribution in [0.4, 0.5) is 5.69 Å². The van der Waals surface area contributed by atoms with Gasteiger partial charge in [0.05, 0.1) is 24.5 Å². The predicted octanol–water partition coefficient (Wildman–Crippen LogP) is 4.66. The normalized spacial score (nSPS) is 21.2. The van der Waals surface area contributed by atoms with E-state index in [1.54, 1.807) is 4.90 Å². The van der Waals surface area contributed by atoms with Crippen LogP contribution in [-0.2, 0) is 14.0 Å². The number of phenolic OH excluding ortho intramolecular Hbond substituents is 1. The Labute approximate surface area is 211 Å². The van der Waals surface area contributed by atoms with E-state index >= 15 is 0 Å². The van der Waals surface area contributed by atoms with Crippen LogP contribution in [0.15, 0.2) is 12.1 Å². The van der Waals surface area contributed by atoms with Gasteiger partial charge in [-0.15, -0.1) is 0 Å². The van der Waals surface area contributed by atoms with Crippen molar-refractivity contribution in [3.8, 4) is 11.5 Å². The molecule has 2 atom stereocenters. The Kier molecular flexibility index (Phi) is 7.81. The highest BCUT2D eigenvalue weighted by Crippen LogP contribution is 2.42. The maximum absolute atomic E-state index is 13.8. The van der Waals surface area contributed by atoms with Gasteiger partial charge >= 0.3 is 0 Å². The summed E-state index contributed by atoms with van der Waals surface area (Å²) in [4.78, 5) is 30.6. The molecule has 0 spiro atoms. The summed E-state index contributed by atoms with van der Waals surface area (Å²) < 4.78 is 17.8. The van der Waals surface area contributed by atoms with Crippen LogP contribution >= 0.6 is 0 Å². The van der Waals surface area contributed by atoms with E-state index in [2.05, 4.69) is 53.5 Å². The zero-order valence-corrected chi connectivity index (χ0v) is 24.7. The van der Waals surface area contributed by atoms with Crippen LogP contribution in [0.1, 0.15) is 37.6 Å². The van der Waals surface area contributed by atoms with Crippen LogP contribution in [0.3, 0.4) is 0 Å². The third-order valence-corrected chi connectivity index (χ3v) is 13.6. The van der Waals surface area contributed by atoms with Crippen molar-refractivity contribution in [2.45, 2.75) is 83.2 Å². The van der Waals surface area contributed by atoms with Crippen LogP contribution in [0.25, 0.3) is 0 Å². The fourth-order valence-electron chi connectivity index (χ4n) is 4.17. The molecule has 0 radical (unpaired) electrons. The number of methoxy groups -OCH3 is 1. The van der Waals surface area contributed by atoms with Gasteiger partial charge in [-0.25, -0.2) is 0 Å². The number of phenols is 1. The maximum Gasteiger partial charge on any atom is 0.256 e. The van der Waals surface area contributed by atoms with Crippen molar-refractivity contribution < 1.29 is 28.6 Å². The highest BCUT2D eigenvalue weighted by atomic mass is 28.4. The van der Waals surface area contributed by atoms with E-state index in [-0.39, 0.29) is 41.2 Å². The van der Waals surface area contributed by atoms with Crippen LogP contribution in [0.5, 0.6) is 11.5 Å². The molecular weight excluding hydrogens is 480 g/mol. The summed E-state index contributed by atoms with van der Waals surface area (Å²) in [5, 5.41) is 10.5. The Bertz CT molecular complexity index is 970. The second-order valence-electron chi connectivity index (χ2n) is 12.4. The molecule has 1 aromatic carbocycles. The zero-order valence-electron chi connectivity index (χ0n) is 22.7. The van der Waals surface area contributed by atoms with E-state index in [0.717, 1.165) is 6.04 Å². The number of carbonyl (C=O) groups is 2. The Morgan fingerprint density at radius 3 is 2.34 bits per heavy atom. The summed E-state index contributed by atoms with van der Waals surface area (Å²) in [6, 6.07) is 3.27. The topological polar surface area (TPSA) is 88.5 Å². The molecule has 0 saturated carbocycles. The number of nitrogens with zero attached hydrogens (tertiary/aromatic N) is 2. The number of aromatic hydroxyl groups is 1. The molecular formula is C25H42N2O6Si2. The van der Waals surface area contributed by atoms with Gasteiger partial charge in [-0.05, 0) is 30.2 Å². The molecule has 2 amide bonds. The minimum atomic E-state index is -2.08. The van der Waals surface area contributed by atoms with Crippen molar-refractivity contribution in [3.05, 3.63) is 17.7 Å². The molecule has 0 aromatic heterocycles. The van der Waals surface area contributed by atoms with Gasteiger partial charge in [0.2, 0.25) is 0 Å². The van der Waals surface area contributed by atoms with E-state index in [4.69, 9.17) is 13.9 Å². The number of benzene rings is 1. The number of carbonyl (C=O) groups excluding carboxylic acids is 2. The van der Waals surface area contributed by atoms with E-state index in [0.29, 0.717) is 30.8 Å². The van der Waals surface area contributed by atoms with Gasteiger partial charge in [0, 0.05) is 33.7 Å². The first-order valence-electron chi connectivity index (χ1n) is 12.3. The minimum Gasteiger partial charge on any atom is -0.504 e. The molecule has 1 aromatic rings. The average Bonchev–Trinajstić information content (AvgIpc) is 3.11. The standard InChI is InChI=1S/C25H42N2O6Si2/c1-25(2,3)35(8,9)33-17-12-20-24(30)27(16-32-10-11-34(5,6)7)19-14-21(28)22(31-4)13-18(19)23(29)26(20)15-17/h13-14,17,20,28H,10-12,15-16H2,1-9H3/t17?,20-/m0/s1. The van der Waals surface area contributed by atoms with E-state index in [1.807, 2.05) is 0 Å². The molecule has 196 valence electrons. The van der Waals surface area contributed by atoms with Crippen LogP contribution in [-0.4, -0.2) is 77.4 Å². The smallest absolute Gasteiger partial charge is 0.256 e. The molecule has 2 heterocycles. The largest absolute Gasteiger partial charge is 0.504 e. The molecule has 10 heteroatoms. The lowest BCUT2D eigenvalue weighted by Gasteiger charge is -2.38. The molecule has 2 aliphatic rings. The summed E-state index contributed by atoms with van der Waals surface area (Å²) in [6.45, 7) is 18.6. The minimum absolute atomic E-state index is 0.0213. The lowest BCUT2D eigenvalue weighted by Crippen LogP contribution is -2.45. The number of rotatable bonds is 8. The van der Waals surface area contributed by atoms with E-state index < -0.39 is 22.4 Å². The summed E-state index contributed by atoms with van der Waals surface area (Å²) in [6.07, 6.45) is 0.239. The molecule has 1 N–H and O–H groups in total. The van der Waals surface area contributed by atoms with Crippen LogP contribution in [0, 0.1) is 0 Å². The summed E-state index contributed by atoms with van der Waals surface area (Å²) in [5.74, 6) is -0.408. The SMILES string of the molecule is COc1cc2c(cc1O)N(COCC[Si](C)(C)C)C(=O)[C@@H]1CC(O[Si](C)(C)C(C)(C)C)CN1C2=O. The zero-order chi connectivity index (χ0) is 26.3. The van der Waals surface area contributed by atoms with Crippen LogP contribution < -0.4 is 9.64 Å². The van der Waals surface area contributed by atoms with Crippen molar-refractivity contribution in [1.82, 2.24) is 4.90 Å². The molecule has 3 rings (SSSR count). The Morgan fingerprint density at radius 2 is 1.77 bits per heavy atom. The summed E-state index contributed by atoms with van der Waals surface area (Å²) >= 11 is 0. The number of ether oxygens (including phenoxy) is 2. The third kappa shape index (κ3) is 5.92. The number of fused-ring (bicyclic) bond motifs is 2. The van der Waals surface area contributed by atoms with Gasteiger partial charge in [-0.1, -0.05) is 40.4 Å². The second-order valence-corrected chi connectivity index (χ2v) is 22.7. The van der Waals surface area contributed by atoms with Crippen molar-refractivity contribution in [2.24, 2.45) is 0 Å². The molecule has 0 aliphatic carbocycles. The van der Waals surface area contributed by atoms with Crippen molar-refractivity contribution in [3.63, 3.8) is 0 Å². The fraction of sp³-hybridized carbons (Fsp3) is 0.680. The average molecular weight is 523 g/mol. The predicted molar refractivity (Wildman–Crippen MR) is 143 cm³/mol. The Hall–Kier alpha value is -1.89. The number of amides is 2. The lowest BCUT2D eigenvalue weighted by molar-refractivity contribution is -0.123. The molecule has 1 saturated heterocycles. The number of anilines is 1. The quantitative estimate of drug-likeness (QED) is 0.394. The van der Waals surface area contributed by atoms with E-state index in [9.17, 15) is 14.7 Å². The summed E-state index contributed by atoms with van der Waals surface area (Å²) in [5.41, 5.74) is 0.667. The second kappa shape index (κ2) is 9.87. The third-order valence-electron chi connectivity index (χ3n) is 7.38. The van der Waals surface area contributed by atoms with E-state index in [1.165, 1.54) is 24.1 Å². The van der Waals surface area contributed by atoms with Crippen molar-refractivity contribution >= 4 is 33.9 Å². The molecule has 2 aliphatic heterocycles. The highest BCUT2D eigenvalue weighted by molar-refractivity contribution is 6.76. The van der Waals surface area contributed by atoms with Gasteiger partial charge in [0.25, 0.3) is 11.8 Å². The first-order valence-corrected chi connectivity index (χ1v) is 19.0. The van der Waals surface area contributed by atoms with Crippen molar-refractivity contribution in [2.75, 3.05) is 31.9 Å². The summed E-state index contributed by atoms with van der Waals surface area (Å²) in [7, 11) is -1.95. The van der Waals surface area contributed by atoms with Gasteiger partial charge in [0.15, 0.2) is 19.8 Å². The first kappa shape index (κ1) is 27.7. The van der Waals surface area contributed by atoms with Gasteiger partial charge in [-0.3, -0.25) is 14.5 Å². The number of hydrogen-bond donors (Lipinski definition) is 1. The number of hydrogen-bond acceptors (Lipinski definition) is 6. The maximum atomic E-state index is 13.8. The fourth-order valence-corrected chi connectivity index (χ4v) is 6.29. The van der Waals surface area contributed by atoms with Gasteiger partial charge in [0.1, 0.15) is 12.8 Å². The van der Waals surface area contributed by atoms with Crippen LogP contribution in [0.2, 0.25) is 43.8 Å². The molecule has 1 fully saturated rings. The lowest BCUT2D eigenvalue weighted by atomic mass is 10.1. The Balaban J connectivity index is 1.93. The van der Waals surface area contributed by atoms with Gasteiger partial charge in [-0.2, -0.15) is 0 Å². The van der Waals surface area contributed by atoms with Crippen molar-refractivity contribution in [1.29, 1.82) is 0 Å². The molecule has 8 nitrogen and oxygen atoms in total. The first-order chi connectivity index (χ1) is 16.1. The van der Waals surface area contributed by atoms with Gasteiger partial charge < -0.3 is 23.9 Å². The molecule has 1 unspecified atom stereocenters. The molecule has 35 heavy (non-hydrogen) atoms.